The van der Waals surface area contributed by atoms with Gasteiger partial charge in [-0.3, -0.25) is 14.8 Å². The normalized spacial score (nSPS) is 14.8. The van der Waals surface area contributed by atoms with Crippen LogP contribution < -0.4 is 15.8 Å². The lowest BCUT2D eigenvalue weighted by Gasteiger charge is -2.26. The Kier molecular flexibility index (Phi) is 8.51. The van der Waals surface area contributed by atoms with Crippen molar-refractivity contribution in [3.05, 3.63) is 95.7 Å². The van der Waals surface area contributed by atoms with Gasteiger partial charge in [0, 0.05) is 18.0 Å². The van der Waals surface area contributed by atoms with Gasteiger partial charge in [0.2, 0.25) is 5.88 Å². The maximum Gasteiger partial charge on any atom is 0.276 e. The van der Waals surface area contributed by atoms with Gasteiger partial charge in [0.1, 0.15) is 0 Å². The lowest BCUT2D eigenvalue weighted by molar-refractivity contribution is 0.102. The Morgan fingerprint density at radius 1 is 1.15 bits per heavy atom. The van der Waals surface area contributed by atoms with Crippen LogP contribution >= 0.6 is 0 Å². The van der Waals surface area contributed by atoms with E-state index in [1.54, 1.807) is 30.5 Å². The summed E-state index contributed by atoms with van der Waals surface area (Å²) in [7, 11) is 0. The van der Waals surface area contributed by atoms with E-state index in [2.05, 4.69) is 38.4 Å². The third-order valence-corrected chi connectivity index (χ3v) is 7.00. The van der Waals surface area contributed by atoms with Gasteiger partial charge in [0.05, 0.1) is 17.4 Å². The van der Waals surface area contributed by atoms with Crippen LogP contribution in [-0.2, 0) is 0 Å². The molecule has 1 saturated heterocycles. The summed E-state index contributed by atoms with van der Waals surface area (Å²) in [6, 6.07) is 15.2. The molecule has 40 heavy (non-hydrogen) atoms. The number of pyridine rings is 1. The summed E-state index contributed by atoms with van der Waals surface area (Å²) in [5.74, 6) is -0.567. The van der Waals surface area contributed by atoms with Crippen LogP contribution in [0, 0.1) is 5.82 Å². The quantitative estimate of drug-likeness (QED) is 0.216. The number of nitrogens with zero attached hydrogens (tertiary/aromatic N) is 3. The number of rotatable bonds is 9. The lowest BCUT2D eigenvalue weighted by Crippen LogP contribution is -2.31. The SMILES string of the molecule is CC/C(=C\C(=C/N)CN1CCCCC1)c1ccc2[nH]nc(C(=O)Nc3ccc(Oc4ccccc4F)nc3)c2c1. The van der Waals surface area contributed by atoms with Crippen LogP contribution in [0.2, 0.25) is 0 Å². The number of hydrogen-bond donors (Lipinski definition) is 3. The van der Waals surface area contributed by atoms with Crippen molar-refractivity contribution >= 4 is 28.1 Å². The first-order chi connectivity index (χ1) is 19.5. The monoisotopic (exact) mass is 540 g/mol. The topological polar surface area (TPSA) is 109 Å². The molecule has 9 heteroatoms. The Labute approximate surface area is 232 Å². The van der Waals surface area contributed by atoms with E-state index in [9.17, 15) is 9.18 Å². The second kappa shape index (κ2) is 12.6. The van der Waals surface area contributed by atoms with E-state index >= 15 is 0 Å². The molecule has 1 aliphatic heterocycles. The number of aromatic nitrogens is 3. The minimum Gasteiger partial charge on any atom is -0.436 e. The van der Waals surface area contributed by atoms with Crippen molar-refractivity contribution in [2.75, 3.05) is 25.0 Å². The van der Waals surface area contributed by atoms with Gasteiger partial charge in [-0.05, 0) is 85.6 Å². The van der Waals surface area contributed by atoms with E-state index in [4.69, 9.17) is 10.5 Å². The maximum atomic E-state index is 13.9. The smallest absolute Gasteiger partial charge is 0.276 e. The van der Waals surface area contributed by atoms with E-state index in [1.165, 1.54) is 37.6 Å². The zero-order valence-corrected chi connectivity index (χ0v) is 22.5. The Morgan fingerprint density at radius 3 is 2.70 bits per heavy atom. The van der Waals surface area contributed by atoms with Crippen LogP contribution in [0.15, 0.2) is 78.6 Å². The molecule has 4 aromatic rings. The van der Waals surface area contributed by atoms with Crippen LogP contribution in [-0.4, -0.2) is 45.6 Å². The number of halogens is 1. The Balaban J connectivity index is 1.31. The van der Waals surface area contributed by atoms with Gasteiger partial charge in [0.25, 0.3) is 5.91 Å². The first kappa shape index (κ1) is 27.1. The highest BCUT2D eigenvalue weighted by atomic mass is 19.1. The van der Waals surface area contributed by atoms with Crippen LogP contribution in [0.25, 0.3) is 16.5 Å². The molecule has 0 unspecified atom stereocenters. The van der Waals surface area contributed by atoms with Gasteiger partial charge >= 0.3 is 0 Å². The summed E-state index contributed by atoms with van der Waals surface area (Å²) in [5, 5.41) is 10.8. The second-order valence-corrected chi connectivity index (χ2v) is 9.81. The third-order valence-electron chi connectivity index (χ3n) is 7.00. The molecule has 0 radical (unpaired) electrons. The van der Waals surface area contributed by atoms with Gasteiger partial charge in [-0.15, -0.1) is 0 Å². The van der Waals surface area contributed by atoms with Crippen LogP contribution in [0.1, 0.15) is 48.7 Å². The fourth-order valence-electron chi connectivity index (χ4n) is 4.87. The first-order valence-electron chi connectivity index (χ1n) is 13.6. The molecule has 0 spiro atoms. The van der Waals surface area contributed by atoms with E-state index in [0.29, 0.717) is 5.69 Å². The van der Waals surface area contributed by atoms with Gasteiger partial charge in [0.15, 0.2) is 17.3 Å². The molecule has 0 atom stereocenters. The summed E-state index contributed by atoms with van der Waals surface area (Å²) in [6.07, 6.45) is 9.87. The molecule has 3 heterocycles. The molecule has 0 aliphatic carbocycles. The van der Waals surface area contributed by atoms with Crippen molar-refractivity contribution in [1.82, 2.24) is 20.1 Å². The summed E-state index contributed by atoms with van der Waals surface area (Å²) < 4.78 is 19.3. The molecule has 8 nitrogen and oxygen atoms in total. The first-order valence-corrected chi connectivity index (χ1v) is 13.6. The van der Waals surface area contributed by atoms with Crippen molar-refractivity contribution in [2.45, 2.75) is 32.6 Å². The molecule has 1 amide bonds. The minimum atomic E-state index is -0.482. The Bertz CT molecular complexity index is 1540. The molecule has 0 bridgehead atoms. The van der Waals surface area contributed by atoms with Crippen molar-refractivity contribution in [3.8, 4) is 11.6 Å². The van der Waals surface area contributed by atoms with Crippen molar-refractivity contribution in [2.24, 2.45) is 5.73 Å². The van der Waals surface area contributed by atoms with E-state index in [0.717, 1.165) is 53.7 Å². The fourth-order valence-corrected chi connectivity index (χ4v) is 4.87. The number of carbonyl (C=O) groups excluding carboxylic acids is 1. The average Bonchev–Trinajstić information content (AvgIpc) is 3.41. The molecular weight excluding hydrogens is 507 g/mol. The van der Waals surface area contributed by atoms with Crippen molar-refractivity contribution in [1.29, 1.82) is 0 Å². The highest BCUT2D eigenvalue weighted by molar-refractivity contribution is 6.11. The average molecular weight is 541 g/mol. The summed E-state index contributed by atoms with van der Waals surface area (Å²) in [6.45, 7) is 5.15. The zero-order valence-electron chi connectivity index (χ0n) is 22.5. The maximum absolute atomic E-state index is 13.9. The molecule has 206 valence electrons. The van der Waals surface area contributed by atoms with Crippen LogP contribution in [0.3, 0.4) is 0 Å². The fraction of sp³-hybridized carbons (Fsp3) is 0.258. The summed E-state index contributed by atoms with van der Waals surface area (Å²) in [5.41, 5.74) is 10.7. The van der Waals surface area contributed by atoms with Gasteiger partial charge in [-0.1, -0.05) is 37.6 Å². The number of anilines is 1. The highest BCUT2D eigenvalue weighted by Crippen LogP contribution is 2.27. The van der Waals surface area contributed by atoms with E-state index < -0.39 is 5.82 Å². The number of H-pyrrole nitrogens is 1. The Hall–Kier alpha value is -4.50. The predicted molar refractivity (Wildman–Crippen MR) is 156 cm³/mol. The third kappa shape index (κ3) is 6.38. The number of benzene rings is 2. The lowest BCUT2D eigenvalue weighted by atomic mass is 9.98. The zero-order chi connectivity index (χ0) is 27.9. The molecule has 2 aromatic heterocycles. The number of piperidine rings is 1. The number of likely N-dealkylation sites (tertiary alicyclic amines) is 1. The molecule has 4 N–H and O–H groups in total. The second-order valence-electron chi connectivity index (χ2n) is 9.81. The number of aromatic amines is 1. The van der Waals surface area contributed by atoms with Gasteiger partial charge in [-0.2, -0.15) is 5.10 Å². The number of nitrogens with two attached hydrogens (primary N) is 1. The number of hydrogen-bond acceptors (Lipinski definition) is 6. The number of para-hydroxylation sites is 1. The minimum absolute atomic E-state index is 0.0756. The molecule has 1 fully saturated rings. The highest BCUT2D eigenvalue weighted by Gasteiger charge is 2.17. The van der Waals surface area contributed by atoms with Crippen molar-refractivity contribution < 1.29 is 13.9 Å². The van der Waals surface area contributed by atoms with Crippen LogP contribution in [0.5, 0.6) is 11.6 Å². The van der Waals surface area contributed by atoms with E-state index in [1.807, 2.05) is 18.2 Å². The van der Waals surface area contributed by atoms with Gasteiger partial charge < -0.3 is 15.8 Å². The number of ether oxygens (including phenoxy) is 1. The molecule has 1 aliphatic rings. The predicted octanol–water partition coefficient (Wildman–Crippen LogP) is 6.26. The molecule has 5 rings (SSSR count). The number of nitrogens with one attached hydrogen (secondary N) is 2. The molecular formula is C31H33FN6O2. The number of fused-ring (bicyclic) bond motifs is 1. The largest absolute Gasteiger partial charge is 0.436 e. The van der Waals surface area contributed by atoms with Gasteiger partial charge in [-0.25, -0.2) is 9.37 Å². The number of allylic oxidation sites excluding steroid dienone is 1. The van der Waals surface area contributed by atoms with Crippen LogP contribution in [0.4, 0.5) is 10.1 Å². The summed E-state index contributed by atoms with van der Waals surface area (Å²) in [4.78, 5) is 19.8. The number of amides is 1. The Morgan fingerprint density at radius 2 is 1.98 bits per heavy atom. The molecule has 2 aromatic carbocycles. The standard InChI is InChI=1S/C31H33FN6O2/c1-2-22(16-21(18-33)20-38-14-6-3-7-15-38)23-10-12-27-25(17-23)30(37-36-27)31(39)35-24-11-13-29(34-19-24)40-28-9-5-4-8-26(28)32/h4-5,8-13,16-19H,2-3,6-7,14-15,20,33H2,1H3,(H,35,39)(H,36,37)/b21-18+,22-16+. The summed E-state index contributed by atoms with van der Waals surface area (Å²) >= 11 is 0. The number of carbonyl (C=O) groups is 1. The molecule has 0 saturated carbocycles. The van der Waals surface area contributed by atoms with E-state index in [-0.39, 0.29) is 23.2 Å². The van der Waals surface area contributed by atoms with Crippen molar-refractivity contribution in [3.63, 3.8) is 0 Å².